The molecule has 146 valence electrons. The van der Waals surface area contributed by atoms with Crippen LogP contribution >= 0.6 is 11.3 Å². The second-order valence-corrected chi connectivity index (χ2v) is 7.33. The van der Waals surface area contributed by atoms with Gasteiger partial charge < -0.3 is 20.7 Å². The Morgan fingerprint density at radius 1 is 1.18 bits per heavy atom. The van der Waals surface area contributed by atoms with Gasteiger partial charge in [0.2, 0.25) is 5.91 Å². The van der Waals surface area contributed by atoms with E-state index >= 15 is 0 Å². The fraction of sp³-hybridized carbons (Fsp3) is 0.238. The van der Waals surface area contributed by atoms with Crippen molar-refractivity contribution in [1.29, 1.82) is 0 Å². The number of nitrogens with one attached hydrogen (secondary N) is 1. The fourth-order valence-electron chi connectivity index (χ4n) is 2.73. The van der Waals surface area contributed by atoms with Crippen molar-refractivity contribution in [3.05, 3.63) is 65.2 Å². The van der Waals surface area contributed by atoms with Gasteiger partial charge in [-0.25, -0.2) is 4.98 Å². The minimum absolute atomic E-state index is 0.282. The number of anilines is 3. The van der Waals surface area contributed by atoms with Gasteiger partial charge in [0.25, 0.3) is 0 Å². The summed E-state index contributed by atoms with van der Waals surface area (Å²) < 4.78 is 5.22. The third-order valence-corrected chi connectivity index (χ3v) is 5.08. The Morgan fingerprint density at radius 3 is 2.54 bits per heavy atom. The molecule has 0 spiro atoms. The maximum absolute atomic E-state index is 11.3. The zero-order valence-electron chi connectivity index (χ0n) is 16.0. The number of amides is 1. The highest BCUT2D eigenvalue weighted by Gasteiger charge is 2.12. The van der Waals surface area contributed by atoms with Gasteiger partial charge in [-0.15, -0.1) is 11.3 Å². The van der Waals surface area contributed by atoms with Crippen LogP contribution in [-0.4, -0.2) is 24.5 Å². The Bertz CT molecular complexity index is 907. The van der Waals surface area contributed by atoms with Gasteiger partial charge in [0.05, 0.1) is 19.3 Å². The van der Waals surface area contributed by atoms with Crippen LogP contribution in [0.5, 0.6) is 5.75 Å². The topological polar surface area (TPSA) is 80.5 Å². The summed E-state index contributed by atoms with van der Waals surface area (Å²) in [4.78, 5) is 18.0. The molecule has 3 N–H and O–H groups in total. The van der Waals surface area contributed by atoms with E-state index in [0.717, 1.165) is 27.9 Å². The van der Waals surface area contributed by atoms with E-state index in [9.17, 15) is 4.79 Å². The molecule has 1 amide bonds. The Hall–Kier alpha value is -3.06. The summed E-state index contributed by atoms with van der Waals surface area (Å²) in [5.74, 6) is 0.468. The van der Waals surface area contributed by atoms with Crippen LogP contribution in [0.2, 0.25) is 0 Å². The number of hydrogen-bond acceptors (Lipinski definition) is 6. The summed E-state index contributed by atoms with van der Waals surface area (Å²) in [6.07, 6.45) is 0.282. The van der Waals surface area contributed by atoms with Gasteiger partial charge in [-0.1, -0.05) is 17.7 Å². The number of primary amides is 1. The lowest BCUT2D eigenvalue weighted by Crippen LogP contribution is -2.27. The summed E-state index contributed by atoms with van der Waals surface area (Å²) in [6, 6.07) is 15.9. The molecule has 7 heteroatoms. The third-order valence-electron chi connectivity index (χ3n) is 4.27. The van der Waals surface area contributed by atoms with E-state index < -0.39 is 0 Å². The summed E-state index contributed by atoms with van der Waals surface area (Å²) in [6.45, 7) is 3.18. The molecular weight excluding hydrogens is 372 g/mol. The number of aryl methyl sites for hydroxylation is 1. The third kappa shape index (κ3) is 5.47. The van der Waals surface area contributed by atoms with Crippen LogP contribution in [-0.2, 0) is 11.3 Å². The lowest BCUT2D eigenvalue weighted by Gasteiger charge is -2.23. The molecule has 6 nitrogen and oxygen atoms in total. The van der Waals surface area contributed by atoms with E-state index in [4.69, 9.17) is 10.5 Å². The van der Waals surface area contributed by atoms with Gasteiger partial charge in [-0.2, -0.15) is 0 Å². The van der Waals surface area contributed by atoms with Crippen LogP contribution in [0.4, 0.5) is 16.5 Å². The number of thiazole rings is 1. The highest BCUT2D eigenvalue weighted by Crippen LogP contribution is 2.25. The minimum Gasteiger partial charge on any atom is -0.497 e. The number of methoxy groups -OCH3 is 1. The lowest BCUT2D eigenvalue weighted by molar-refractivity contribution is -0.117. The van der Waals surface area contributed by atoms with Crippen LogP contribution in [0, 0.1) is 6.92 Å². The van der Waals surface area contributed by atoms with Gasteiger partial charge in [0.15, 0.2) is 5.13 Å². The predicted molar refractivity (Wildman–Crippen MR) is 114 cm³/mol. The number of aromatic nitrogens is 1. The van der Waals surface area contributed by atoms with Crippen molar-refractivity contribution in [3.63, 3.8) is 0 Å². The summed E-state index contributed by atoms with van der Waals surface area (Å²) in [5.41, 5.74) is 9.49. The molecule has 0 saturated heterocycles. The zero-order valence-corrected chi connectivity index (χ0v) is 16.8. The number of ether oxygens (including phenoxy) is 1. The second-order valence-electron chi connectivity index (χ2n) is 6.47. The first kappa shape index (κ1) is 19.7. The first-order valence-electron chi connectivity index (χ1n) is 8.99. The average molecular weight is 397 g/mol. The van der Waals surface area contributed by atoms with Crippen molar-refractivity contribution in [3.8, 4) is 5.75 Å². The molecule has 0 aliphatic heterocycles. The van der Waals surface area contributed by atoms with E-state index in [-0.39, 0.29) is 12.3 Å². The van der Waals surface area contributed by atoms with Crippen LogP contribution in [0.3, 0.4) is 0 Å². The SMILES string of the molecule is COc1ccc(N(CCC(N)=O)Cc2csc(Nc3ccc(C)cc3)n2)cc1. The molecule has 0 aliphatic carbocycles. The highest BCUT2D eigenvalue weighted by molar-refractivity contribution is 7.13. The quantitative estimate of drug-likeness (QED) is 0.569. The van der Waals surface area contributed by atoms with Crippen LogP contribution in [0.1, 0.15) is 17.7 Å². The molecule has 0 bridgehead atoms. The van der Waals surface area contributed by atoms with Crippen molar-refractivity contribution in [2.45, 2.75) is 19.9 Å². The summed E-state index contributed by atoms with van der Waals surface area (Å²) in [5, 5.41) is 6.19. The number of nitrogens with zero attached hydrogens (tertiary/aromatic N) is 2. The number of carbonyl (C=O) groups is 1. The van der Waals surface area contributed by atoms with Crippen molar-refractivity contribution < 1.29 is 9.53 Å². The molecule has 1 heterocycles. The number of carbonyl (C=O) groups excluding carboxylic acids is 1. The molecule has 1 aromatic heterocycles. The van der Waals surface area contributed by atoms with Gasteiger partial charge >= 0.3 is 0 Å². The first-order chi connectivity index (χ1) is 13.5. The van der Waals surface area contributed by atoms with Gasteiger partial charge in [0.1, 0.15) is 5.75 Å². The van der Waals surface area contributed by atoms with E-state index in [2.05, 4.69) is 34.3 Å². The Morgan fingerprint density at radius 2 is 1.89 bits per heavy atom. The smallest absolute Gasteiger partial charge is 0.219 e. The molecule has 3 rings (SSSR count). The van der Waals surface area contributed by atoms with E-state index in [1.807, 2.05) is 41.8 Å². The normalized spacial score (nSPS) is 10.5. The average Bonchev–Trinajstić information content (AvgIpc) is 3.14. The fourth-order valence-corrected chi connectivity index (χ4v) is 3.45. The van der Waals surface area contributed by atoms with Crippen molar-refractivity contribution in [2.24, 2.45) is 5.73 Å². The first-order valence-corrected chi connectivity index (χ1v) is 9.87. The van der Waals surface area contributed by atoms with Gasteiger partial charge in [-0.3, -0.25) is 4.79 Å². The van der Waals surface area contributed by atoms with Gasteiger partial charge in [0, 0.05) is 29.7 Å². The molecule has 0 atom stereocenters. The molecule has 0 aliphatic rings. The molecule has 0 radical (unpaired) electrons. The van der Waals surface area contributed by atoms with E-state index in [0.29, 0.717) is 13.1 Å². The van der Waals surface area contributed by atoms with E-state index in [1.54, 1.807) is 18.4 Å². The Labute approximate surface area is 169 Å². The van der Waals surface area contributed by atoms with E-state index in [1.165, 1.54) is 5.56 Å². The Kier molecular flexibility index (Phi) is 6.49. The molecule has 0 fully saturated rings. The number of rotatable bonds is 9. The maximum atomic E-state index is 11.3. The zero-order chi connectivity index (χ0) is 19.9. The number of nitrogens with two attached hydrogens (primary N) is 1. The van der Waals surface area contributed by atoms with Crippen LogP contribution in [0.25, 0.3) is 0 Å². The molecule has 2 aromatic carbocycles. The van der Waals surface area contributed by atoms with Gasteiger partial charge in [-0.05, 0) is 43.3 Å². The standard InChI is InChI=1S/C21H24N4O2S/c1-15-3-5-16(6-4-15)23-21-24-17(14-28-21)13-25(12-11-20(22)26)18-7-9-19(27-2)10-8-18/h3-10,14H,11-13H2,1-2H3,(H2,22,26)(H,23,24). The maximum Gasteiger partial charge on any atom is 0.219 e. The van der Waals surface area contributed by atoms with Crippen molar-refractivity contribution >= 4 is 33.8 Å². The highest BCUT2D eigenvalue weighted by atomic mass is 32.1. The monoisotopic (exact) mass is 396 g/mol. The lowest BCUT2D eigenvalue weighted by atomic mass is 10.2. The molecule has 0 unspecified atom stereocenters. The summed E-state index contributed by atoms with van der Waals surface area (Å²) in [7, 11) is 1.64. The number of benzene rings is 2. The van der Waals surface area contributed by atoms with Crippen LogP contribution < -0.4 is 20.7 Å². The second kappa shape index (κ2) is 9.23. The van der Waals surface area contributed by atoms with Crippen molar-refractivity contribution in [2.75, 3.05) is 23.9 Å². The van der Waals surface area contributed by atoms with Crippen LogP contribution in [0.15, 0.2) is 53.9 Å². The molecule has 28 heavy (non-hydrogen) atoms. The Balaban J connectivity index is 1.71. The molecular formula is C21H24N4O2S. The molecule has 3 aromatic rings. The predicted octanol–water partition coefficient (Wildman–Crippen LogP) is 4.09. The van der Waals surface area contributed by atoms with Crippen molar-refractivity contribution in [1.82, 2.24) is 4.98 Å². The minimum atomic E-state index is -0.321. The molecule has 0 saturated carbocycles. The summed E-state index contributed by atoms with van der Waals surface area (Å²) >= 11 is 1.56. The number of hydrogen-bond donors (Lipinski definition) is 2. The largest absolute Gasteiger partial charge is 0.497 e.